The maximum absolute atomic E-state index is 5.57. The molecular formula is C10H23BrN2S. The Balaban J connectivity index is 0.00000169. The van der Waals surface area contributed by atoms with Crippen LogP contribution in [-0.2, 0) is 0 Å². The van der Waals surface area contributed by atoms with Gasteiger partial charge >= 0.3 is 0 Å². The van der Waals surface area contributed by atoms with Gasteiger partial charge in [-0.15, -0.1) is 0 Å². The first kappa shape index (κ1) is 14.8. The third-order valence-corrected chi connectivity index (χ3v) is 3.38. The van der Waals surface area contributed by atoms with Crippen molar-refractivity contribution in [3.05, 3.63) is 0 Å². The van der Waals surface area contributed by atoms with Gasteiger partial charge in [-0.1, -0.05) is 0 Å². The fourth-order valence-corrected chi connectivity index (χ4v) is 2.81. The normalized spacial score (nSPS) is 20.1. The van der Waals surface area contributed by atoms with E-state index in [1.165, 1.54) is 56.3 Å². The van der Waals surface area contributed by atoms with Crippen molar-refractivity contribution in [2.45, 2.75) is 25.7 Å². The molecule has 0 unspecified atom stereocenters. The van der Waals surface area contributed by atoms with Gasteiger partial charge in [-0.05, 0) is 25.8 Å². The molecule has 0 spiro atoms. The Morgan fingerprint density at radius 3 is 2.21 bits per heavy atom. The zero-order valence-electron chi connectivity index (χ0n) is 8.92. The van der Waals surface area contributed by atoms with E-state index in [9.17, 15) is 0 Å². The van der Waals surface area contributed by atoms with Gasteiger partial charge in [0.2, 0.25) is 0 Å². The molecule has 1 fully saturated rings. The fourth-order valence-electron chi connectivity index (χ4n) is 2.38. The molecule has 0 radical (unpaired) electrons. The lowest BCUT2D eigenvalue weighted by molar-refractivity contribution is -0.930. The topological polar surface area (TPSA) is 26.0 Å². The fraction of sp³-hybridized carbons (Fsp3) is 1.00. The Morgan fingerprint density at radius 2 is 1.71 bits per heavy atom. The summed E-state index contributed by atoms with van der Waals surface area (Å²) in [6, 6.07) is 0. The van der Waals surface area contributed by atoms with Gasteiger partial charge in [0.1, 0.15) is 0 Å². The Hall–Kier alpha value is 0.750. The second kappa shape index (κ2) is 7.97. The van der Waals surface area contributed by atoms with Gasteiger partial charge in [-0.3, -0.25) is 0 Å². The van der Waals surface area contributed by atoms with Gasteiger partial charge in [-0.25, -0.2) is 0 Å². The molecule has 0 aromatic heterocycles. The van der Waals surface area contributed by atoms with Gasteiger partial charge in [-0.2, -0.15) is 12.6 Å². The first-order chi connectivity index (χ1) is 6.33. The van der Waals surface area contributed by atoms with Gasteiger partial charge in [0.25, 0.3) is 0 Å². The highest BCUT2D eigenvalue weighted by atomic mass is 79.9. The molecule has 0 saturated carbocycles. The maximum Gasteiger partial charge on any atom is 0.0876 e. The van der Waals surface area contributed by atoms with E-state index in [-0.39, 0.29) is 17.0 Å². The highest BCUT2D eigenvalue weighted by Crippen LogP contribution is 2.19. The number of thiol groups is 1. The summed E-state index contributed by atoms with van der Waals surface area (Å²) in [5.74, 6) is 1.02. The highest BCUT2D eigenvalue weighted by Gasteiger charge is 2.27. The summed E-state index contributed by atoms with van der Waals surface area (Å²) >= 11 is 4.36. The van der Waals surface area contributed by atoms with Crippen LogP contribution < -0.4 is 22.7 Å². The summed E-state index contributed by atoms with van der Waals surface area (Å²) in [6.07, 6.45) is 5.40. The molecule has 2 nitrogen and oxygen atoms in total. The standard InChI is InChI=1S/C10H22N2S.BrH/c11-5-4-8-12(9-10-13)6-2-1-3-7-12;/h1-11H2;1H. The largest absolute Gasteiger partial charge is 1.00 e. The predicted octanol–water partition coefficient (Wildman–Crippen LogP) is -1.73. The Morgan fingerprint density at radius 1 is 1.07 bits per heavy atom. The molecule has 1 heterocycles. The first-order valence-electron chi connectivity index (χ1n) is 5.49. The SMILES string of the molecule is NCCC[N+]1(CCS)CCCCC1.[Br-]. The van der Waals surface area contributed by atoms with Crippen LogP contribution in [0.2, 0.25) is 0 Å². The molecule has 1 aliphatic heterocycles. The van der Waals surface area contributed by atoms with Crippen molar-refractivity contribution in [2.75, 3.05) is 38.5 Å². The summed E-state index contributed by atoms with van der Waals surface area (Å²) in [4.78, 5) is 0. The summed E-state index contributed by atoms with van der Waals surface area (Å²) in [5.41, 5.74) is 5.57. The molecule has 0 aromatic rings. The second-order valence-corrected chi connectivity index (χ2v) is 4.61. The van der Waals surface area contributed by atoms with Crippen molar-refractivity contribution in [3.63, 3.8) is 0 Å². The van der Waals surface area contributed by atoms with E-state index in [1.807, 2.05) is 0 Å². The Kier molecular flexibility index (Phi) is 8.39. The van der Waals surface area contributed by atoms with Gasteiger partial charge in [0.15, 0.2) is 0 Å². The highest BCUT2D eigenvalue weighted by molar-refractivity contribution is 7.80. The molecule has 0 amide bonds. The van der Waals surface area contributed by atoms with Crippen LogP contribution in [0.15, 0.2) is 0 Å². The minimum Gasteiger partial charge on any atom is -1.00 e. The number of halogens is 1. The summed E-state index contributed by atoms with van der Waals surface area (Å²) in [5, 5.41) is 0. The first-order valence-corrected chi connectivity index (χ1v) is 6.12. The van der Waals surface area contributed by atoms with Crippen molar-refractivity contribution in [2.24, 2.45) is 5.73 Å². The number of rotatable bonds is 5. The molecule has 2 N–H and O–H groups in total. The van der Waals surface area contributed by atoms with Gasteiger partial charge in [0.05, 0.1) is 26.2 Å². The molecule has 0 bridgehead atoms. The van der Waals surface area contributed by atoms with E-state index in [0.717, 1.165) is 12.3 Å². The number of hydrogen-bond acceptors (Lipinski definition) is 2. The zero-order valence-corrected chi connectivity index (χ0v) is 11.4. The van der Waals surface area contributed by atoms with Crippen LogP contribution in [0, 0.1) is 0 Å². The summed E-state index contributed by atoms with van der Waals surface area (Å²) < 4.78 is 1.29. The molecule has 1 saturated heterocycles. The van der Waals surface area contributed by atoms with Crippen LogP contribution in [0.25, 0.3) is 0 Å². The van der Waals surface area contributed by atoms with Crippen LogP contribution in [-0.4, -0.2) is 43.0 Å². The molecule has 86 valence electrons. The molecule has 0 aromatic carbocycles. The van der Waals surface area contributed by atoms with Crippen LogP contribution in [0.3, 0.4) is 0 Å². The predicted molar refractivity (Wildman–Crippen MR) is 61.1 cm³/mol. The quantitative estimate of drug-likeness (QED) is 0.455. The second-order valence-electron chi connectivity index (χ2n) is 4.16. The Labute approximate surface area is 104 Å². The van der Waals surface area contributed by atoms with E-state index >= 15 is 0 Å². The van der Waals surface area contributed by atoms with Crippen LogP contribution in [0.5, 0.6) is 0 Å². The third-order valence-electron chi connectivity index (χ3n) is 3.18. The molecule has 1 aliphatic rings. The Bertz CT molecular complexity index is 133. The van der Waals surface area contributed by atoms with E-state index in [4.69, 9.17) is 5.73 Å². The van der Waals surface area contributed by atoms with Gasteiger partial charge in [0, 0.05) is 12.2 Å². The molecule has 14 heavy (non-hydrogen) atoms. The lowest BCUT2D eigenvalue weighted by Gasteiger charge is -2.41. The number of hydrogen-bond donors (Lipinski definition) is 2. The molecule has 1 rings (SSSR count). The number of likely N-dealkylation sites (tertiary alicyclic amines) is 1. The molecule has 0 atom stereocenters. The third kappa shape index (κ3) is 4.51. The van der Waals surface area contributed by atoms with Crippen molar-refractivity contribution in [1.82, 2.24) is 0 Å². The van der Waals surface area contributed by atoms with Crippen LogP contribution in [0.1, 0.15) is 25.7 Å². The number of nitrogens with zero attached hydrogens (tertiary/aromatic N) is 1. The van der Waals surface area contributed by atoms with Crippen LogP contribution >= 0.6 is 12.6 Å². The van der Waals surface area contributed by atoms with Crippen molar-refractivity contribution in [3.8, 4) is 0 Å². The monoisotopic (exact) mass is 282 g/mol. The minimum atomic E-state index is 0. The zero-order chi connectivity index (χ0) is 9.57. The lowest BCUT2D eigenvalue weighted by atomic mass is 10.1. The number of quaternary nitrogens is 1. The van der Waals surface area contributed by atoms with Crippen molar-refractivity contribution >= 4 is 12.6 Å². The van der Waals surface area contributed by atoms with Gasteiger partial charge < -0.3 is 27.2 Å². The van der Waals surface area contributed by atoms with Crippen LogP contribution in [0.4, 0.5) is 0 Å². The molecule has 0 aliphatic carbocycles. The summed E-state index contributed by atoms with van der Waals surface area (Å²) in [6.45, 7) is 6.08. The lowest BCUT2D eigenvalue weighted by Crippen LogP contribution is -3.00. The van der Waals surface area contributed by atoms with E-state index in [2.05, 4.69) is 12.6 Å². The van der Waals surface area contributed by atoms with Crippen molar-refractivity contribution < 1.29 is 21.5 Å². The van der Waals surface area contributed by atoms with E-state index in [0.29, 0.717) is 0 Å². The molecular weight excluding hydrogens is 260 g/mol. The van der Waals surface area contributed by atoms with Crippen molar-refractivity contribution in [1.29, 1.82) is 0 Å². The maximum atomic E-state index is 5.57. The number of piperidine rings is 1. The average molecular weight is 283 g/mol. The van der Waals surface area contributed by atoms with E-state index in [1.54, 1.807) is 0 Å². The average Bonchev–Trinajstić information content (AvgIpc) is 2.17. The minimum absolute atomic E-state index is 0. The number of nitrogens with two attached hydrogens (primary N) is 1. The summed E-state index contributed by atoms with van der Waals surface area (Å²) in [7, 11) is 0. The smallest absolute Gasteiger partial charge is 0.0876 e. The molecule has 4 heteroatoms. The van der Waals surface area contributed by atoms with E-state index < -0.39 is 0 Å².